The maximum atomic E-state index is 5.51. The van der Waals surface area contributed by atoms with Crippen LogP contribution >= 0.6 is 0 Å². The number of nitrogens with zero attached hydrogens (tertiary/aromatic N) is 2. The molecule has 0 spiro atoms. The molecule has 0 saturated heterocycles. The average molecular weight is 754 g/mol. The predicted octanol–water partition coefficient (Wildman–Crippen LogP) is 15.0. The fourth-order valence-corrected chi connectivity index (χ4v) is 8.73. The van der Waals surface area contributed by atoms with Crippen molar-refractivity contribution in [1.82, 2.24) is 4.98 Å². The van der Waals surface area contributed by atoms with E-state index in [0.29, 0.717) is 0 Å². The Morgan fingerprint density at radius 2 is 0.847 bits per heavy atom. The molecule has 1 aliphatic heterocycles. The summed E-state index contributed by atoms with van der Waals surface area (Å²) < 4.78 is 0. The van der Waals surface area contributed by atoms with Crippen molar-refractivity contribution in [3.05, 3.63) is 230 Å². The lowest BCUT2D eigenvalue weighted by Crippen LogP contribution is -2.23. The van der Waals surface area contributed by atoms with E-state index in [0.717, 1.165) is 55.7 Å². The third-order valence-corrected chi connectivity index (χ3v) is 11.7. The lowest BCUT2D eigenvalue weighted by atomic mass is 9.90. The van der Waals surface area contributed by atoms with Gasteiger partial charge in [0, 0.05) is 22.0 Å². The Morgan fingerprint density at radius 1 is 0.373 bits per heavy atom. The first-order valence-corrected chi connectivity index (χ1v) is 20.2. The Morgan fingerprint density at radius 3 is 1.47 bits per heavy atom. The second-order valence-corrected chi connectivity index (χ2v) is 15.2. The van der Waals surface area contributed by atoms with Crippen molar-refractivity contribution < 1.29 is 0 Å². The van der Waals surface area contributed by atoms with Crippen molar-refractivity contribution in [3.63, 3.8) is 0 Å². The SMILES string of the molecule is c1ccc(-c2ccc(-c3cc4c(-c5ccc(-c6ccccc6)cc5)cc(-c5ccc(N6c7ccccc7NC6c6ccccc6)cc5)nc4c4ccccc34)cc2)cc1. The molecule has 0 saturated carbocycles. The highest BCUT2D eigenvalue weighted by atomic mass is 15.3. The third kappa shape index (κ3) is 6.30. The number of anilines is 3. The van der Waals surface area contributed by atoms with E-state index in [1.54, 1.807) is 0 Å². The van der Waals surface area contributed by atoms with Crippen LogP contribution in [0, 0.1) is 0 Å². The molecule has 0 radical (unpaired) electrons. The smallest absolute Gasteiger partial charge is 0.130 e. The summed E-state index contributed by atoms with van der Waals surface area (Å²) in [6.45, 7) is 0. The van der Waals surface area contributed by atoms with E-state index in [2.05, 4.69) is 235 Å². The highest BCUT2D eigenvalue weighted by molar-refractivity contribution is 6.16. The maximum absolute atomic E-state index is 5.51. The maximum Gasteiger partial charge on any atom is 0.130 e. The van der Waals surface area contributed by atoms with Gasteiger partial charge < -0.3 is 10.2 Å². The Hall–Kier alpha value is -7.75. The van der Waals surface area contributed by atoms with E-state index in [-0.39, 0.29) is 6.17 Å². The summed E-state index contributed by atoms with van der Waals surface area (Å²) in [4.78, 5) is 7.91. The number of aromatic nitrogens is 1. The van der Waals surface area contributed by atoms with Crippen LogP contribution in [0.15, 0.2) is 224 Å². The molecule has 1 aliphatic rings. The van der Waals surface area contributed by atoms with Crippen LogP contribution in [0.1, 0.15) is 11.7 Å². The molecule has 0 aliphatic carbocycles. The molecule has 9 aromatic carbocycles. The summed E-state index contributed by atoms with van der Waals surface area (Å²) in [7, 11) is 0. The van der Waals surface area contributed by atoms with Crippen LogP contribution in [-0.4, -0.2) is 4.98 Å². The molecule has 3 heteroatoms. The molecular formula is C56H39N3. The lowest BCUT2D eigenvalue weighted by Gasteiger charge is -2.27. The van der Waals surface area contributed by atoms with Gasteiger partial charge in [-0.1, -0.05) is 188 Å². The number of nitrogens with one attached hydrogen (secondary N) is 1. The summed E-state index contributed by atoms with van der Waals surface area (Å²) in [6.07, 6.45) is -0.0150. The van der Waals surface area contributed by atoms with E-state index in [1.807, 2.05) is 0 Å². The standard InChI is InChI=1S/C56H39N3/c1-4-14-38(15-5-1)40-24-28-42(29-25-40)49-36-51-50(43-30-26-41(27-31-43)39-16-6-2-7-17-39)37-53(57-55(51)48-21-11-10-20-47(48)49)44-32-34-46(35-33-44)59-54-23-13-12-22-52(54)58-56(59)45-18-8-3-9-19-45/h1-37,56,58H. The van der Waals surface area contributed by atoms with Gasteiger partial charge in [0.15, 0.2) is 0 Å². The zero-order valence-electron chi connectivity index (χ0n) is 32.3. The molecule has 0 fully saturated rings. The number of benzene rings is 9. The Bertz CT molecular complexity index is 3090. The highest BCUT2D eigenvalue weighted by Crippen LogP contribution is 2.47. The van der Waals surface area contributed by atoms with E-state index >= 15 is 0 Å². The fourth-order valence-electron chi connectivity index (χ4n) is 8.73. The second kappa shape index (κ2) is 14.6. The molecule has 3 nitrogen and oxygen atoms in total. The molecule has 1 atom stereocenters. The van der Waals surface area contributed by atoms with Crippen molar-refractivity contribution in [2.75, 3.05) is 10.2 Å². The van der Waals surface area contributed by atoms with Gasteiger partial charge in [-0.25, -0.2) is 4.98 Å². The molecular weight excluding hydrogens is 715 g/mol. The van der Waals surface area contributed by atoms with Gasteiger partial charge in [-0.2, -0.15) is 0 Å². The van der Waals surface area contributed by atoms with Gasteiger partial charge in [0.25, 0.3) is 0 Å². The molecule has 1 unspecified atom stereocenters. The number of rotatable bonds is 7. The lowest BCUT2D eigenvalue weighted by molar-refractivity contribution is 0.828. The predicted molar refractivity (Wildman–Crippen MR) is 248 cm³/mol. The summed E-state index contributed by atoms with van der Waals surface area (Å²) in [6, 6.07) is 80.6. The van der Waals surface area contributed by atoms with Crippen LogP contribution in [0.2, 0.25) is 0 Å². The molecule has 278 valence electrons. The zero-order chi connectivity index (χ0) is 39.1. The molecule has 59 heavy (non-hydrogen) atoms. The molecule has 0 amide bonds. The van der Waals surface area contributed by atoms with Gasteiger partial charge in [0.1, 0.15) is 6.17 Å². The number of pyridine rings is 1. The van der Waals surface area contributed by atoms with Gasteiger partial charge in [0.2, 0.25) is 0 Å². The summed E-state index contributed by atoms with van der Waals surface area (Å²) >= 11 is 0. The van der Waals surface area contributed by atoms with Gasteiger partial charge >= 0.3 is 0 Å². The number of fused-ring (bicyclic) bond motifs is 4. The number of hydrogen-bond donors (Lipinski definition) is 1. The first kappa shape index (κ1) is 34.5. The van der Waals surface area contributed by atoms with Crippen molar-refractivity contribution in [2.45, 2.75) is 6.17 Å². The van der Waals surface area contributed by atoms with Gasteiger partial charge in [-0.05, 0) is 91.9 Å². The van der Waals surface area contributed by atoms with Crippen molar-refractivity contribution in [1.29, 1.82) is 0 Å². The summed E-state index contributed by atoms with van der Waals surface area (Å²) in [5.41, 5.74) is 17.1. The van der Waals surface area contributed by atoms with Crippen LogP contribution in [-0.2, 0) is 0 Å². The molecule has 2 heterocycles. The minimum absolute atomic E-state index is 0.0150. The van der Waals surface area contributed by atoms with E-state index < -0.39 is 0 Å². The third-order valence-electron chi connectivity index (χ3n) is 11.7. The van der Waals surface area contributed by atoms with Gasteiger partial charge in [-0.3, -0.25) is 0 Å². The Labute approximate surface area is 344 Å². The summed E-state index contributed by atoms with van der Waals surface area (Å²) in [5.74, 6) is 0. The molecule has 0 bridgehead atoms. The molecule has 1 N–H and O–H groups in total. The highest BCUT2D eigenvalue weighted by Gasteiger charge is 2.31. The monoisotopic (exact) mass is 753 g/mol. The van der Waals surface area contributed by atoms with Crippen molar-refractivity contribution in [3.8, 4) is 55.8 Å². The number of para-hydroxylation sites is 2. The van der Waals surface area contributed by atoms with Gasteiger partial charge in [-0.15, -0.1) is 0 Å². The van der Waals surface area contributed by atoms with Crippen molar-refractivity contribution >= 4 is 38.7 Å². The van der Waals surface area contributed by atoms with Crippen LogP contribution in [0.4, 0.5) is 17.1 Å². The molecule has 10 aromatic rings. The average Bonchev–Trinajstić information content (AvgIpc) is 3.72. The van der Waals surface area contributed by atoms with E-state index in [1.165, 1.54) is 44.3 Å². The van der Waals surface area contributed by atoms with Crippen molar-refractivity contribution in [2.24, 2.45) is 0 Å². The molecule has 1 aromatic heterocycles. The topological polar surface area (TPSA) is 28.2 Å². The van der Waals surface area contributed by atoms with Gasteiger partial charge in [0.05, 0.1) is 22.6 Å². The normalized spacial score (nSPS) is 13.4. The number of hydrogen-bond acceptors (Lipinski definition) is 3. The summed E-state index contributed by atoms with van der Waals surface area (Å²) in [5, 5.41) is 7.21. The Kier molecular flexibility index (Phi) is 8.56. The first-order valence-electron chi connectivity index (χ1n) is 20.2. The fraction of sp³-hybridized carbons (Fsp3) is 0.0179. The van der Waals surface area contributed by atoms with Crippen LogP contribution in [0.5, 0.6) is 0 Å². The van der Waals surface area contributed by atoms with E-state index in [9.17, 15) is 0 Å². The largest absolute Gasteiger partial charge is 0.359 e. The Balaban J connectivity index is 1.06. The van der Waals surface area contributed by atoms with E-state index in [4.69, 9.17) is 4.98 Å². The quantitative estimate of drug-likeness (QED) is 0.164. The van der Waals surface area contributed by atoms with Crippen LogP contribution in [0.3, 0.4) is 0 Å². The zero-order valence-corrected chi connectivity index (χ0v) is 32.3. The second-order valence-electron chi connectivity index (χ2n) is 15.2. The minimum atomic E-state index is -0.0150. The first-order chi connectivity index (χ1) is 29.2. The molecule has 11 rings (SSSR count). The minimum Gasteiger partial charge on any atom is -0.359 e. The van der Waals surface area contributed by atoms with Crippen LogP contribution < -0.4 is 10.2 Å². The van der Waals surface area contributed by atoms with Crippen LogP contribution in [0.25, 0.3) is 77.4 Å².